The normalized spacial score (nSPS) is 12.0. The molecule has 1 aromatic heterocycles. The molecule has 0 saturated carbocycles. The Kier molecular flexibility index (Phi) is 7.66. The molecule has 128 valence electrons. The molecule has 0 fully saturated rings. The molecular formula is C19H27GeN3Se. The van der Waals surface area contributed by atoms with Gasteiger partial charge in [0.25, 0.3) is 0 Å². The van der Waals surface area contributed by atoms with E-state index in [0.29, 0.717) is 11.8 Å². The number of rotatable bonds is 7. The Morgan fingerprint density at radius 3 is 2.29 bits per heavy atom. The van der Waals surface area contributed by atoms with Gasteiger partial charge in [-0.2, -0.15) is 0 Å². The summed E-state index contributed by atoms with van der Waals surface area (Å²) in [6.45, 7) is 10.9. The summed E-state index contributed by atoms with van der Waals surface area (Å²) in [4.78, 5) is 4.90. The van der Waals surface area contributed by atoms with Crippen molar-refractivity contribution >= 4 is 31.6 Å². The SMILES string of the molecule is CC(C)CN=c1cccccc1[N](CC(C)C)[Ge](=[Se])[n]1cccc1. The van der Waals surface area contributed by atoms with Crippen molar-refractivity contribution in [3.05, 3.63) is 60.2 Å². The summed E-state index contributed by atoms with van der Waals surface area (Å²) in [6, 6.07) is 14.9. The van der Waals surface area contributed by atoms with Gasteiger partial charge >= 0.3 is 157 Å². The fourth-order valence-corrected chi connectivity index (χ4v) is 9.03. The van der Waals surface area contributed by atoms with E-state index in [1.54, 1.807) is 0 Å². The molecule has 1 aromatic carbocycles. The van der Waals surface area contributed by atoms with E-state index >= 15 is 0 Å². The summed E-state index contributed by atoms with van der Waals surface area (Å²) in [6.07, 6.45) is 4.35. The molecule has 3 nitrogen and oxygen atoms in total. The van der Waals surface area contributed by atoms with Gasteiger partial charge in [-0.05, 0) is 0 Å². The van der Waals surface area contributed by atoms with Crippen LogP contribution in [0.2, 0.25) is 0 Å². The minimum atomic E-state index is -1.77. The molecule has 0 bridgehead atoms. The molecule has 1 heterocycles. The molecule has 0 atom stereocenters. The molecule has 5 heteroatoms. The van der Waals surface area contributed by atoms with E-state index in [1.807, 2.05) is 0 Å². The van der Waals surface area contributed by atoms with Crippen molar-refractivity contribution in [2.75, 3.05) is 16.9 Å². The quantitative estimate of drug-likeness (QED) is 0.596. The van der Waals surface area contributed by atoms with Gasteiger partial charge in [-0.15, -0.1) is 0 Å². The maximum atomic E-state index is 4.90. The Balaban J connectivity index is 2.52. The van der Waals surface area contributed by atoms with Crippen LogP contribution in [0, 0.1) is 11.8 Å². The zero-order valence-corrected chi connectivity index (χ0v) is 18.8. The summed E-state index contributed by atoms with van der Waals surface area (Å²) in [5, 5.41) is 1.10. The molecular weight excluding hydrogens is 422 g/mol. The van der Waals surface area contributed by atoms with Crippen molar-refractivity contribution in [1.29, 1.82) is 0 Å². The van der Waals surface area contributed by atoms with Gasteiger partial charge in [0.05, 0.1) is 0 Å². The van der Waals surface area contributed by atoms with Crippen molar-refractivity contribution in [3.8, 4) is 0 Å². The van der Waals surface area contributed by atoms with Crippen molar-refractivity contribution in [2.45, 2.75) is 27.7 Å². The van der Waals surface area contributed by atoms with E-state index in [2.05, 4.69) is 103 Å². The predicted octanol–water partition coefficient (Wildman–Crippen LogP) is 3.21. The van der Waals surface area contributed by atoms with Gasteiger partial charge in [0.2, 0.25) is 0 Å². The van der Waals surface area contributed by atoms with Gasteiger partial charge in [0, 0.05) is 0 Å². The van der Waals surface area contributed by atoms with Gasteiger partial charge in [-0.1, -0.05) is 0 Å². The van der Waals surface area contributed by atoms with Crippen LogP contribution in [0.5, 0.6) is 0 Å². The number of aromatic nitrogens is 1. The summed E-state index contributed by atoms with van der Waals surface area (Å²) < 4.78 is 4.94. The third-order valence-electron chi connectivity index (χ3n) is 3.51. The molecule has 0 aliphatic carbocycles. The molecule has 0 unspecified atom stereocenters. The van der Waals surface area contributed by atoms with Crippen LogP contribution in [0.4, 0.5) is 5.69 Å². The van der Waals surface area contributed by atoms with Crippen LogP contribution in [0.25, 0.3) is 0 Å². The molecule has 24 heavy (non-hydrogen) atoms. The zero-order chi connectivity index (χ0) is 17.5. The predicted molar refractivity (Wildman–Crippen MR) is 105 cm³/mol. The first kappa shape index (κ1) is 19.4. The van der Waals surface area contributed by atoms with E-state index < -0.39 is 12.4 Å². The Labute approximate surface area is 156 Å². The first-order chi connectivity index (χ1) is 11.5. The van der Waals surface area contributed by atoms with Gasteiger partial charge in [-0.3, -0.25) is 0 Å². The molecule has 0 N–H and O–H groups in total. The second-order valence-electron chi connectivity index (χ2n) is 6.79. The first-order valence-corrected chi connectivity index (χ1v) is 15.7. The standard InChI is InChI=1S/C19H27GeN3Se/c1-16(2)14-21-18-10-6-5-7-11-19(18)23(15-17(3)4)20(24)22-12-8-9-13-22/h5-13,16-17H,14-15H2,1-4H3. The van der Waals surface area contributed by atoms with Crippen molar-refractivity contribution < 1.29 is 0 Å². The first-order valence-electron chi connectivity index (χ1n) is 8.53. The molecule has 0 radical (unpaired) electrons. The fourth-order valence-electron chi connectivity index (χ4n) is 2.42. The molecule has 0 saturated heterocycles. The summed E-state index contributed by atoms with van der Waals surface area (Å²) in [7, 11) is 0. The molecule has 0 spiro atoms. The van der Waals surface area contributed by atoms with Crippen molar-refractivity contribution in [3.63, 3.8) is 0 Å². The number of nitrogens with zero attached hydrogens (tertiary/aromatic N) is 3. The van der Waals surface area contributed by atoms with Crippen LogP contribution >= 0.6 is 0 Å². The van der Waals surface area contributed by atoms with Crippen LogP contribution in [-0.2, 0) is 0 Å². The van der Waals surface area contributed by atoms with Gasteiger partial charge in [0.1, 0.15) is 0 Å². The van der Waals surface area contributed by atoms with E-state index in [4.69, 9.17) is 4.99 Å². The fraction of sp³-hybridized carbons (Fsp3) is 0.421. The third-order valence-corrected chi connectivity index (χ3v) is 11.6. The number of hydrogen-bond donors (Lipinski definition) is 0. The van der Waals surface area contributed by atoms with E-state index in [-0.39, 0.29) is 0 Å². The average Bonchev–Trinajstić information content (AvgIpc) is 2.96. The molecule has 0 amide bonds. The Hall–Kier alpha value is -0.968. The van der Waals surface area contributed by atoms with Crippen LogP contribution in [-0.4, -0.2) is 42.6 Å². The minimum absolute atomic E-state index is 0.565. The monoisotopic (exact) mass is 451 g/mol. The Bertz CT molecular complexity index is 723. The number of hydrogen-bond acceptors (Lipinski definition) is 2. The van der Waals surface area contributed by atoms with Crippen molar-refractivity contribution in [1.82, 2.24) is 3.52 Å². The zero-order valence-electron chi connectivity index (χ0n) is 15.0. The Morgan fingerprint density at radius 2 is 1.67 bits per heavy atom. The molecule has 2 rings (SSSR count). The van der Waals surface area contributed by atoms with Crippen molar-refractivity contribution in [2.24, 2.45) is 16.8 Å². The van der Waals surface area contributed by atoms with E-state index in [1.165, 1.54) is 5.69 Å². The summed E-state index contributed by atoms with van der Waals surface area (Å²) in [5.41, 5.74) is 1.25. The topological polar surface area (TPSA) is 20.5 Å². The Morgan fingerprint density at radius 1 is 1.00 bits per heavy atom. The summed E-state index contributed by atoms with van der Waals surface area (Å²) >= 11 is 1.73. The number of anilines is 1. The van der Waals surface area contributed by atoms with Crippen LogP contribution in [0.1, 0.15) is 27.7 Å². The maximum absolute atomic E-state index is 4.90. The molecule has 0 aliphatic heterocycles. The van der Waals surface area contributed by atoms with Crippen LogP contribution in [0.15, 0.2) is 59.9 Å². The second-order valence-corrected chi connectivity index (χ2v) is 14.2. The van der Waals surface area contributed by atoms with E-state index in [9.17, 15) is 0 Å². The molecule has 2 aromatic rings. The van der Waals surface area contributed by atoms with Crippen LogP contribution in [0.3, 0.4) is 0 Å². The van der Waals surface area contributed by atoms with Gasteiger partial charge < -0.3 is 0 Å². The summed E-state index contributed by atoms with van der Waals surface area (Å²) in [5.74, 6) is 1.16. The third kappa shape index (κ3) is 5.54. The molecule has 0 aliphatic rings. The van der Waals surface area contributed by atoms with Gasteiger partial charge in [-0.25, -0.2) is 0 Å². The second kappa shape index (κ2) is 9.50. The van der Waals surface area contributed by atoms with Gasteiger partial charge in [0.15, 0.2) is 0 Å². The van der Waals surface area contributed by atoms with Crippen LogP contribution < -0.4 is 9.21 Å². The van der Waals surface area contributed by atoms with E-state index in [0.717, 1.165) is 18.4 Å². The average molecular weight is 449 g/mol.